The first-order chi connectivity index (χ1) is 9.01. The number of nitro groups is 1. The van der Waals surface area contributed by atoms with E-state index in [1.54, 1.807) is 6.07 Å². The molecule has 1 aliphatic heterocycles. The lowest BCUT2D eigenvalue weighted by Crippen LogP contribution is -1.91. The van der Waals surface area contributed by atoms with E-state index in [2.05, 4.69) is 4.99 Å². The molecule has 98 valence electrons. The second-order valence-corrected chi connectivity index (χ2v) is 5.89. The average Bonchev–Trinajstić information content (AvgIpc) is 2.72. The van der Waals surface area contributed by atoms with E-state index >= 15 is 0 Å². The number of hydrogen-bond donors (Lipinski definition) is 0. The summed E-state index contributed by atoms with van der Waals surface area (Å²) < 4.78 is 0.666. The molecule has 0 amide bonds. The van der Waals surface area contributed by atoms with Gasteiger partial charge in [0.05, 0.1) is 4.92 Å². The third-order valence-electron chi connectivity index (χ3n) is 2.25. The van der Waals surface area contributed by atoms with Gasteiger partial charge in [-0.1, -0.05) is 17.7 Å². The molecule has 0 N–H and O–H groups in total. The normalized spacial score (nSPS) is 16.8. The lowest BCUT2D eigenvalue weighted by Gasteiger charge is -1.97. The largest absolute Gasteiger partial charge is 0.288 e. The molecule has 19 heavy (non-hydrogen) atoms. The van der Waals surface area contributed by atoms with E-state index in [1.807, 2.05) is 6.26 Å². The molecule has 8 heteroatoms. The zero-order valence-electron chi connectivity index (χ0n) is 9.62. The predicted molar refractivity (Wildman–Crippen MR) is 79.6 cm³/mol. The predicted octanol–water partition coefficient (Wildman–Crippen LogP) is 3.58. The van der Waals surface area contributed by atoms with Gasteiger partial charge in [-0.25, -0.2) is 4.99 Å². The Bertz CT molecular complexity index is 628. The van der Waals surface area contributed by atoms with Gasteiger partial charge in [0.2, 0.25) is 5.12 Å². The number of rotatable bonds is 2. The van der Waals surface area contributed by atoms with Crippen LogP contribution in [-0.2, 0) is 4.79 Å². The topological polar surface area (TPSA) is 72.6 Å². The number of benzene rings is 1. The van der Waals surface area contributed by atoms with Crippen LogP contribution in [0.5, 0.6) is 0 Å². The van der Waals surface area contributed by atoms with E-state index < -0.39 is 4.92 Å². The van der Waals surface area contributed by atoms with Crippen molar-refractivity contribution in [2.45, 2.75) is 0 Å². The number of aliphatic imine (C=N–C) groups is 1. The number of nitrogens with zero attached hydrogens (tertiary/aromatic N) is 2. The molecule has 0 bridgehead atoms. The average molecular weight is 315 g/mol. The first kappa shape index (κ1) is 14.1. The molecule has 0 radical (unpaired) electrons. The summed E-state index contributed by atoms with van der Waals surface area (Å²) in [6.07, 6.45) is 3.34. The minimum absolute atomic E-state index is 0.0626. The molecule has 0 unspecified atom stereocenters. The highest BCUT2D eigenvalue weighted by Gasteiger charge is 2.21. The van der Waals surface area contributed by atoms with Gasteiger partial charge in [-0.3, -0.25) is 14.9 Å². The lowest BCUT2D eigenvalue weighted by molar-refractivity contribution is -0.384. The minimum atomic E-state index is -0.563. The van der Waals surface area contributed by atoms with Crippen LogP contribution in [0.15, 0.2) is 28.9 Å². The maximum Gasteiger partial charge on any atom is 0.288 e. The van der Waals surface area contributed by atoms with Gasteiger partial charge >= 0.3 is 0 Å². The summed E-state index contributed by atoms with van der Waals surface area (Å²) in [6.45, 7) is 0. The molecular weight excluding hydrogens is 308 g/mol. The van der Waals surface area contributed by atoms with Crippen LogP contribution < -0.4 is 0 Å². The summed E-state index contributed by atoms with van der Waals surface area (Å²) in [7, 11) is 0. The smallest absolute Gasteiger partial charge is 0.279 e. The number of thioether (sulfide) groups is 2. The zero-order valence-corrected chi connectivity index (χ0v) is 12.0. The van der Waals surface area contributed by atoms with Crippen molar-refractivity contribution in [2.75, 3.05) is 6.26 Å². The molecule has 0 aliphatic carbocycles. The van der Waals surface area contributed by atoms with Crippen molar-refractivity contribution in [1.82, 2.24) is 0 Å². The maximum atomic E-state index is 11.6. The van der Waals surface area contributed by atoms with Crippen molar-refractivity contribution in [3.63, 3.8) is 0 Å². The summed E-state index contributed by atoms with van der Waals surface area (Å²) >= 11 is 8.15. The van der Waals surface area contributed by atoms with Crippen molar-refractivity contribution in [2.24, 2.45) is 4.99 Å². The summed E-state index contributed by atoms with van der Waals surface area (Å²) in [4.78, 5) is 26.0. The first-order valence-electron chi connectivity index (χ1n) is 5.02. The lowest BCUT2D eigenvalue weighted by atomic mass is 10.2. The van der Waals surface area contributed by atoms with E-state index in [4.69, 9.17) is 11.6 Å². The molecule has 1 aromatic rings. The van der Waals surface area contributed by atoms with Crippen molar-refractivity contribution in [3.8, 4) is 0 Å². The molecule has 2 rings (SSSR count). The van der Waals surface area contributed by atoms with Gasteiger partial charge in [0.1, 0.15) is 15.1 Å². The van der Waals surface area contributed by atoms with E-state index in [0.29, 0.717) is 9.94 Å². The highest BCUT2D eigenvalue weighted by atomic mass is 35.5. The number of halogens is 1. The Morgan fingerprint density at radius 1 is 1.53 bits per heavy atom. The Morgan fingerprint density at radius 3 is 2.84 bits per heavy atom. The molecule has 0 atom stereocenters. The molecule has 0 spiro atoms. The summed E-state index contributed by atoms with van der Waals surface area (Å²) in [6, 6.07) is 4.35. The van der Waals surface area contributed by atoms with Crippen LogP contribution in [0.2, 0.25) is 5.02 Å². The molecular formula is C11H7ClN2O3S2. The minimum Gasteiger partial charge on any atom is -0.279 e. The Kier molecular flexibility index (Phi) is 4.28. The van der Waals surface area contributed by atoms with Gasteiger partial charge < -0.3 is 0 Å². The maximum absolute atomic E-state index is 11.6. The van der Waals surface area contributed by atoms with Gasteiger partial charge in [0.25, 0.3) is 5.69 Å². The van der Waals surface area contributed by atoms with Gasteiger partial charge in [0, 0.05) is 6.07 Å². The van der Waals surface area contributed by atoms with Gasteiger partial charge in [0.15, 0.2) is 0 Å². The van der Waals surface area contributed by atoms with E-state index in [9.17, 15) is 14.9 Å². The van der Waals surface area contributed by atoms with Gasteiger partial charge in [-0.05, 0) is 35.7 Å². The van der Waals surface area contributed by atoms with Crippen LogP contribution in [0, 0.1) is 10.1 Å². The third-order valence-corrected chi connectivity index (χ3v) is 4.42. The van der Waals surface area contributed by atoms with Crippen LogP contribution in [0.3, 0.4) is 0 Å². The quantitative estimate of drug-likeness (QED) is 0.474. The van der Waals surface area contributed by atoms with Crippen LogP contribution in [0.1, 0.15) is 5.56 Å². The monoisotopic (exact) mass is 314 g/mol. The van der Waals surface area contributed by atoms with E-state index in [0.717, 1.165) is 11.8 Å². The highest BCUT2D eigenvalue weighted by molar-refractivity contribution is 8.45. The Labute approximate surface area is 122 Å². The second kappa shape index (κ2) is 5.77. The number of hydrogen-bond acceptors (Lipinski definition) is 6. The van der Waals surface area contributed by atoms with Crippen molar-refractivity contribution < 1.29 is 9.72 Å². The fourth-order valence-corrected chi connectivity index (χ4v) is 2.84. The molecule has 0 saturated carbocycles. The van der Waals surface area contributed by atoms with E-state index in [-0.39, 0.29) is 21.5 Å². The molecule has 0 saturated heterocycles. The Morgan fingerprint density at radius 2 is 2.26 bits per heavy atom. The highest BCUT2D eigenvalue weighted by Crippen LogP contribution is 2.31. The zero-order chi connectivity index (χ0) is 14.0. The molecule has 5 nitrogen and oxygen atoms in total. The standard InChI is InChI=1S/C11H7ClN2O3S2/c1-18-11-13-8(10(15)19-11)4-6-2-3-7(12)9(5-6)14(16)17/h2-5H,1H3. The number of carbonyl (C=O) groups is 1. The molecule has 1 heterocycles. The summed E-state index contributed by atoms with van der Waals surface area (Å²) in [5.74, 6) is 0. The molecule has 0 fully saturated rings. The summed E-state index contributed by atoms with van der Waals surface area (Å²) in [5, 5.41) is 10.7. The van der Waals surface area contributed by atoms with Gasteiger partial charge in [-0.2, -0.15) is 0 Å². The Balaban J connectivity index is 2.39. The number of nitro benzene ring substituents is 1. The second-order valence-electron chi connectivity index (χ2n) is 3.47. The summed E-state index contributed by atoms with van der Waals surface area (Å²) in [5.41, 5.74) is 0.611. The van der Waals surface area contributed by atoms with Crippen LogP contribution in [0.4, 0.5) is 5.69 Å². The van der Waals surface area contributed by atoms with Crippen LogP contribution >= 0.6 is 35.1 Å². The van der Waals surface area contributed by atoms with Crippen LogP contribution in [0.25, 0.3) is 6.08 Å². The fraction of sp³-hybridized carbons (Fsp3) is 0.0909. The first-order valence-corrected chi connectivity index (χ1v) is 7.43. The molecule has 1 aromatic carbocycles. The SMILES string of the molecule is CSC1=NC(=Cc2ccc(Cl)c([N+](=O)[O-])c2)C(=O)S1. The number of carbonyl (C=O) groups excluding carboxylic acids is 1. The molecule has 1 aliphatic rings. The Hall–Kier alpha value is -1.31. The van der Waals surface area contributed by atoms with E-state index in [1.165, 1.54) is 30.0 Å². The van der Waals surface area contributed by atoms with Crippen molar-refractivity contribution in [3.05, 3.63) is 44.6 Å². The molecule has 0 aromatic heterocycles. The fourth-order valence-electron chi connectivity index (χ4n) is 1.39. The van der Waals surface area contributed by atoms with Crippen molar-refractivity contribution in [1.29, 1.82) is 0 Å². The van der Waals surface area contributed by atoms with Gasteiger partial charge in [-0.15, -0.1) is 11.8 Å². The third kappa shape index (κ3) is 3.17. The van der Waals surface area contributed by atoms with Crippen molar-refractivity contribution >= 4 is 56.4 Å². The van der Waals surface area contributed by atoms with Crippen LogP contribution in [-0.4, -0.2) is 20.7 Å².